The van der Waals surface area contributed by atoms with Gasteiger partial charge >= 0.3 is 0 Å². The van der Waals surface area contributed by atoms with Crippen molar-refractivity contribution in [3.63, 3.8) is 0 Å². The molecular weight excluding hydrogens is 316 g/mol. The lowest BCUT2D eigenvalue weighted by atomic mass is 9.94. The second-order valence-electron chi connectivity index (χ2n) is 5.90. The SMILES string of the molecule is Cc1c(Br)cc(C(C)C)c(O)c1CCN1CCNCC1. The third-order valence-corrected chi connectivity index (χ3v) is 4.99. The van der Waals surface area contributed by atoms with E-state index in [-0.39, 0.29) is 0 Å². The zero-order valence-corrected chi connectivity index (χ0v) is 14.3. The summed E-state index contributed by atoms with van der Waals surface area (Å²) >= 11 is 3.63. The summed E-state index contributed by atoms with van der Waals surface area (Å²) < 4.78 is 1.11. The molecule has 1 heterocycles. The monoisotopic (exact) mass is 340 g/mol. The molecule has 1 saturated heterocycles. The number of hydrogen-bond donors (Lipinski definition) is 2. The zero-order chi connectivity index (χ0) is 14.7. The van der Waals surface area contributed by atoms with Gasteiger partial charge < -0.3 is 15.3 Å². The molecule has 1 aliphatic rings. The highest BCUT2D eigenvalue weighted by Crippen LogP contribution is 2.36. The molecule has 4 heteroatoms. The van der Waals surface area contributed by atoms with Crippen LogP contribution in [0.15, 0.2) is 10.5 Å². The fourth-order valence-electron chi connectivity index (χ4n) is 2.76. The number of phenolic OH excluding ortho intramolecular Hbond substituents is 1. The van der Waals surface area contributed by atoms with Crippen molar-refractivity contribution in [3.05, 3.63) is 27.2 Å². The van der Waals surface area contributed by atoms with E-state index in [4.69, 9.17) is 0 Å². The summed E-state index contributed by atoms with van der Waals surface area (Å²) in [6.45, 7) is 11.7. The topological polar surface area (TPSA) is 35.5 Å². The van der Waals surface area contributed by atoms with Crippen LogP contribution in [0.5, 0.6) is 5.75 Å². The van der Waals surface area contributed by atoms with E-state index in [0.717, 1.165) is 54.7 Å². The Morgan fingerprint density at radius 1 is 1.35 bits per heavy atom. The second kappa shape index (κ2) is 6.92. The Morgan fingerprint density at radius 2 is 2.00 bits per heavy atom. The van der Waals surface area contributed by atoms with Crippen LogP contribution in [-0.4, -0.2) is 42.7 Å². The predicted octanol–water partition coefficient (Wildman–Crippen LogP) is 3.03. The van der Waals surface area contributed by atoms with Gasteiger partial charge in [0, 0.05) is 37.2 Å². The van der Waals surface area contributed by atoms with E-state index in [2.05, 4.69) is 53.0 Å². The van der Waals surface area contributed by atoms with Gasteiger partial charge in [-0.1, -0.05) is 29.8 Å². The van der Waals surface area contributed by atoms with Crippen LogP contribution >= 0.6 is 15.9 Å². The van der Waals surface area contributed by atoms with Crippen LogP contribution in [0.1, 0.15) is 36.5 Å². The number of halogens is 1. The standard InChI is InChI=1S/C16H25BrN2O/c1-11(2)14-10-15(17)12(3)13(16(14)20)4-7-19-8-5-18-6-9-19/h10-11,18,20H,4-9H2,1-3H3. The van der Waals surface area contributed by atoms with E-state index >= 15 is 0 Å². The first-order chi connectivity index (χ1) is 9.50. The van der Waals surface area contributed by atoms with Crippen molar-refractivity contribution in [3.8, 4) is 5.75 Å². The lowest BCUT2D eigenvalue weighted by Gasteiger charge is -2.27. The summed E-state index contributed by atoms with van der Waals surface area (Å²) in [6, 6.07) is 2.06. The lowest BCUT2D eigenvalue weighted by Crippen LogP contribution is -2.44. The van der Waals surface area contributed by atoms with Crippen LogP contribution in [0, 0.1) is 6.92 Å². The number of nitrogens with zero attached hydrogens (tertiary/aromatic N) is 1. The zero-order valence-electron chi connectivity index (χ0n) is 12.7. The number of hydrogen-bond acceptors (Lipinski definition) is 3. The van der Waals surface area contributed by atoms with Crippen LogP contribution < -0.4 is 5.32 Å². The van der Waals surface area contributed by atoms with Crippen LogP contribution in [0.2, 0.25) is 0 Å². The number of benzene rings is 1. The van der Waals surface area contributed by atoms with E-state index in [0.29, 0.717) is 11.7 Å². The van der Waals surface area contributed by atoms with E-state index < -0.39 is 0 Å². The fraction of sp³-hybridized carbons (Fsp3) is 0.625. The van der Waals surface area contributed by atoms with Crippen molar-refractivity contribution in [2.75, 3.05) is 32.7 Å². The number of nitrogens with one attached hydrogen (secondary N) is 1. The molecule has 0 amide bonds. The Bertz CT molecular complexity index is 468. The van der Waals surface area contributed by atoms with E-state index in [1.807, 2.05) is 0 Å². The number of phenols is 1. The van der Waals surface area contributed by atoms with Crippen LogP contribution in [0.4, 0.5) is 0 Å². The second-order valence-corrected chi connectivity index (χ2v) is 6.75. The normalized spacial score (nSPS) is 16.9. The number of piperazine rings is 1. The molecule has 0 aromatic heterocycles. The Labute approximate surface area is 130 Å². The molecule has 0 radical (unpaired) electrons. The lowest BCUT2D eigenvalue weighted by molar-refractivity contribution is 0.243. The molecule has 1 aliphatic heterocycles. The molecule has 0 aliphatic carbocycles. The summed E-state index contributed by atoms with van der Waals surface area (Å²) in [7, 11) is 0. The van der Waals surface area contributed by atoms with Gasteiger partial charge in [0.2, 0.25) is 0 Å². The maximum atomic E-state index is 10.5. The molecule has 1 aromatic rings. The minimum Gasteiger partial charge on any atom is -0.507 e. The van der Waals surface area contributed by atoms with Gasteiger partial charge in [0.05, 0.1) is 0 Å². The number of rotatable bonds is 4. The van der Waals surface area contributed by atoms with Gasteiger partial charge in [-0.05, 0) is 42.0 Å². The highest BCUT2D eigenvalue weighted by Gasteiger charge is 2.17. The van der Waals surface area contributed by atoms with Crippen LogP contribution in [-0.2, 0) is 6.42 Å². The average Bonchev–Trinajstić information content (AvgIpc) is 2.43. The molecule has 1 aromatic carbocycles. The van der Waals surface area contributed by atoms with Gasteiger partial charge in [-0.25, -0.2) is 0 Å². The van der Waals surface area contributed by atoms with Gasteiger partial charge in [-0.2, -0.15) is 0 Å². The summed E-state index contributed by atoms with van der Waals surface area (Å²) in [5.74, 6) is 0.834. The fourth-order valence-corrected chi connectivity index (χ4v) is 3.25. The molecule has 0 unspecified atom stereocenters. The molecule has 1 fully saturated rings. The summed E-state index contributed by atoms with van der Waals surface area (Å²) in [5, 5.41) is 13.9. The Morgan fingerprint density at radius 3 is 2.60 bits per heavy atom. The highest BCUT2D eigenvalue weighted by molar-refractivity contribution is 9.10. The van der Waals surface area contributed by atoms with Crippen molar-refractivity contribution in [1.82, 2.24) is 10.2 Å². The van der Waals surface area contributed by atoms with Crippen LogP contribution in [0.3, 0.4) is 0 Å². The molecule has 0 bridgehead atoms. The first-order valence-electron chi connectivity index (χ1n) is 7.44. The summed E-state index contributed by atoms with van der Waals surface area (Å²) in [6.07, 6.45) is 0.914. The molecule has 2 N–H and O–H groups in total. The Kier molecular flexibility index (Phi) is 5.47. The largest absolute Gasteiger partial charge is 0.507 e. The molecule has 20 heavy (non-hydrogen) atoms. The van der Waals surface area contributed by atoms with Crippen molar-refractivity contribution >= 4 is 15.9 Å². The molecule has 112 valence electrons. The summed E-state index contributed by atoms with van der Waals surface area (Å²) in [4.78, 5) is 2.46. The Balaban J connectivity index is 2.17. The molecular formula is C16H25BrN2O. The average molecular weight is 341 g/mol. The van der Waals surface area contributed by atoms with Crippen molar-refractivity contribution in [2.45, 2.75) is 33.1 Å². The van der Waals surface area contributed by atoms with Gasteiger partial charge in [0.1, 0.15) is 5.75 Å². The highest BCUT2D eigenvalue weighted by atomic mass is 79.9. The van der Waals surface area contributed by atoms with Gasteiger partial charge in [-0.15, -0.1) is 0 Å². The van der Waals surface area contributed by atoms with Crippen LogP contribution in [0.25, 0.3) is 0 Å². The molecule has 2 rings (SSSR count). The minimum atomic E-state index is 0.338. The van der Waals surface area contributed by atoms with Crippen molar-refractivity contribution in [2.24, 2.45) is 0 Å². The van der Waals surface area contributed by atoms with E-state index in [1.165, 1.54) is 5.56 Å². The number of aromatic hydroxyl groups is 1. The maximum Gasteiger partial charge on any atom is 0.122 e. The first kappa shape index (κ1) is 15.8. The predicted molar refractivity (Wildman–Crippen MR) is 87.6 cm³/mol. The van der Waals surface area contributed by atoms with Gasteiger partial charge in [0.15, 0.2) is 0 Å². The smallest absolute Gasteiger partial charge is 0.122 e. The maximum absolute atomic E-state index is 10.5. The van der Waals surface area contributed by atoms with Gasteiger partial charge in [-0.3, -0.25) is 0 Å². The molecule has 0 spiro atoms. The third-order valence-electron chi connectivity index (χ3n) is 4.16. The van der Waals surface area contributed by atoms with E-state index in [9.17, 15) is 5.11 Å². The quantitative estimate of drug-likeness (QED) is 0.884. The van der Waals surface area contributed by atoms with Gasteiger partial charge in [0.25, 0.3) is 0 Å². The molecule has 3 nitrogen and oxygen atoms in total. The van der Waals surface area contributed by atoms with E-state index in [1.54, 1.807) is 0 Å². The first-order valence-corrected chi connectivity index (χ1v) is 8.24. The molecule has 0 atom stereocenters. The Hall–Kier alpha value is -0.580. The minimum absolute atomic E-state index is 0.338. The summed E-state index contributed by atoms with van der Waals surface area (Å²) in [5.41, 5.74) is 3.31. The third kappa shape index (κ3) is 3.54. The van der Waals surface area contributed by atoms with Crippen molar-refractivity contribution < 1.29 is 5.11 Å². The molecule has 0 saturated carbocycles. The van der Waals surface area contributed by atoms with Crippen molar-refractivity contribution in [1.29, 1.82) is 0 Å².